The predicted molar refractivity (Wildman–Crippen MR) is 71.5 cm³/mol. The molecule has 0 unspecified atom stereocenters. The zero-order chi connectivity index (χ0) is 13.0. The summed E-state index contributed by atoms with van der Waals surface area (Å²) >= 11 is 0. The van der Waals surface area contributed by atoms with Crippen LogP contribution < -0.4 is 5.32 Å². The van der Waals surface area contributed by atoms with Crippen molar-refractivity contribution in [3.63, 3.8) is 0 Å². The fourth-order valence-electron chi connectivity index (χ4n) is 2.49. The Bertz CT molecular complexity index is 411. The highest BCUT2D eigenvalue weighted by atomic mass is 16.2. The number of pyridine rings is 1. The van der Waals surface area contributed by atoms with Gasteiger partial charge in [-0.25, -0.2) is 0 Å². The van der Waals surface area contributed by atoms with E-state index in [9.17, 15) is 4.79 Å². The van der Waals surface area contributed by atoms with Gasteiger partial charge in [-0.05, 0) is 51.4 Å². The number of piperidine rings is 1. The van der Waals surface area contributed by atoms with E-state index >= 15 is 0 Å². The molecule has 0 bridgehead atoms. The lowest BCUT2D eigenvalue weighted by Gasteiger charge is -2.32. The molecule has 4 nitrogen and oxygen atoms in total. The lowest BCUT2D eigenvalue weighted by Crippen LogP contribution is -2.40. The third-order valence-corrected chi connectivity index (χ3v) is 3.54. The summed E-state index contributed by atoms with van der Waals surface area (Å²) in [4.78, 5) is 18.4. The van der Waals surface area contributed by atoms with E-state index in [4.69, 9.17) is 0 Å². The van der Waals surface area contributed by atoms with Crippen LogP contribution in [0, 0.1) is 12.8 Å². The van der Waals surface area contributed by atoms with Gasteiger partial charge in [-0.2, -0.15) is 0 Å². The summed E-state index contributed by atoms with van der Waals surface area (Å²) in [6, 6.07) is 3.66. The van der Waals surface area contributed by atoms with E-state index in [1.165, 1.54) is 0 Å². The summed E-state index contributed by atoms with van der Waals surface area (Å²) in [7, 11) is 1.98. The molecule has 1 aliphatic rings. The number of nitrogens with one attached hydrogen (secondary N) is 1. The molecule has 1 aliphatic heterocycles. The monoisotopic (exact) mass is 247 g/mol. The molecule has 18 heavy (non-hydrogen) atoms. The number of aryl methyl sites for hydroxylation is 1. The van der Waals surface area contributed by atoms with Crippen LogP contribution in [0.25, 0.3) is 0 Å². The summed E-state index contributed by atoms with van der Waals surface area (Å²) in [6.45, 7) is 4.70. The van der Waals surface area contributed by atoms with Crippen molar-refractivity contribution < 1.29 is 4.79 Å². The Morgan fingerprint density at radius 1 is 1.50 bits per heavy atom. The van der Waals surface area contributed by atoms with Crippen LogP contribution in [-0.4, -0.2) is 42.5 Å². The maximum absolute atomic E-state index is 12.3. The number of amides is 1. The number of aromatic nitrogens is 1. The highest BCUT2D eigenvalue weighted by Gasteiger charge is 2.23. The number of hydrogen-bond acceptors (Lipinski definition) is 3. The Balaban J connectivity index is 1.95. The highest BCUT2D eigenvalue weighted by Crippen LogP contribution is 2.18. The number of nitrogens with zero attached hydrogens (tertiary/aromatic N) is 2. The van der Waals surface area contributed by atoms with Crippen molar-refractivity contribution in [1.82, 2.24) is 15.2 Å². The van der Waals surface area contributed by atoms with Crippen LogP contribution >= 0.6 is 0 Å². The molecule has 0 saturated carbocycles. The van der Waals surface area contributed by atoms with Crippen molar-refractivity contribution >= 4 is 5.91 Å². The Labute approximate surface area is 108 Å². The Morgan fingerprint density at radius 3 is 2.83 bits per heavy atom. The summed E-state index contributed by atoms with van der Waals surface area (Å²) in [5.41, 5.74) is 1.65. The fraction of sp³-hybridized carbons (Fsp3) is 0.571. The van der Waals surface area contributed by atoms with Crippen molar-refractivity contribution in [2.75, 3.05) is 26.7 Å². The van der Waals surface area contributed by atoms with Gasteiger partial charge in [0, 0.05) is 30.5 Å². The van der Waals surface area contributed by atoms with E-state index in [0.717, 1.165) is 43.7 Å². The average Bonchev–Trinajstić information content (AvgIpc) is 2.39. The molecule has 2 rings (SSSR count). The van der Waals surface area contributed by atoms with Gasteiger partial charge in [0.25, 0.3) is 5.91 Å². The molecule has 0 radical (unpaired) electrons. The first kappa shape index (κ1) is 13.0. The van der Waals surface area contributed by atoms with Crippen molar-refractivity contribution in [3.8, 4) is 0 Å². The van der Waals surface area contributed by atoms with E-state index in [2.05, 4.69) is 10.3 Å². The summed E-state index contributed by atoms with van der Waals surface area (Å²) in [5, 5.41) is 3.21. The number of hydrogen-bond donors (Lipinski definition) is 1. The Hall–Kier alpha value is -1.42. The maximum atomic E-state index is 12.3. The van der Waals surface area contributed by atoms with Crippen molar-refractivity contribution in [2.45, 2.75) is 19.8 Å². The van der Waals surface area contributed by atoms with Gasteiger partial charge in [-0.3, -0.25) is 9.78 Å². The summed E-state index contributed by atoms with van der Waals surface area (Å²) in [5.74, 6) is 0.849. The topological polar surface area (TPSA) is 45.2 Å². The first-order chi connectivity index (χ1) is 8.70. The van der Waals surface area contributed by atoms with Gasteiger partial charge in [0.1, 0.15) is 0 Å². The maximum Gasteiger partial charge on any atom is 0.253 e. The Kier molecular flexibility index (Phi) is 4.31. The van der Waals surface area contributed by atoms with Crippen molar-refractivity contribution in [3.05, 3.63) is 29.6 Å². The molecule has 1 aromatic heterocycles. The van der Waals surface area contributed by atoms with Gasteiger partial charge in [0.15, 0.2) is 0 Å². The van der Waals surface area contributed by atoms with Crippen molar-refractivity contribution in [2.24, 2.45) is 5.92 Å². The number of rotatable bonds is 3. The average molecular weight is 247 g/mol. The van der Waals surface area contributed by atoms with Gasteiger partial charge >= 0.3 is 0 Å². The van der Waals surface area contributed by atoms with E-state index < -0.39 is 0 Å². The van der Waals surface area contributed by atoms with Crippen LogP contribution in [0.3, 0.4) is 0 Å². The van der Waals surface area contributed by atoms with Crippen LogP contribution in [-0.2, 0) is 0 Å². The lowest BCUT2D eigenvalue weighted by molar-refractivity contribution is 0.0690. The molecule has 2 heterocycles. The zero-order valence-corrected chi connectivity index (χ0v) is 11.1. The molecule has 0 aromatic carbocycles. The van der Waals surface area contributed by atoms with Gasteiger partial charge < -0.3 is 10.2 Å². The molecular formula is C14H21N3O. The van der Waals surface area contributed by atoms with Crippen LogP contribution in [0.15, 0.2) is 18.3 Å². The van der Waals surface area contributed by atoms with Gasteiger partial charge in [-0.15, -0.1) is 0 Å². The standard InChI is InChI=1S/C14H21N3O/c1-11-9-13(3-6-16-11)14(18)17-7-4-12(5-8-17)10-15-2/h3,6,9,12,15H,4-5,7-8,10H2,1-2H3. The SMILES string of the molecule is CNCC1CCN(C(=O)c2ccnc(C)c2)CC1. The quantitative estimate of drug-likeness (QED) is 0.879. The largest absolute Gasteiger partial charge is 0.339 e. The van der Waals surface area contributed by atoms with Crippen LogP contribution in [0.1, 0.15) is 28.9 Å². The third-order valence-electron chi connectivity index (χ3n) is 3.54. The van der Waals surface area contributed by atoms with Gasteiger partial charge in [-0.1, -0.05) is 0 Å². The predicted octanol–water partition coefficient (Wildman–Crippen LogP) is 1.46. The minimum atomic E-state index is 0.142. The van der Waals surface area contributed by atoms with Crippen LogP contribution in [0.4, 0.5) is 0 Å². The van der Waals surface area contributed by atoms with E-state index in [0.29, 0.717) is 5.92 Å². The van der Waals surface area contributed by atoms with Crippen molar-refractivity contribution in [1.29, 1.82) is 0 Å². The molecular weight excluding hydrogens is 226 g/mol. The molecule has 98 valence electrons. The molecule has 1 saturated heterocycles. The third kappa shape index (κ3) is 3.07. The molecule has 0 aliphatic carbocycles. The van der Waals surface area contributed by atoms with Gasteiger partial charge in [0.05, 0.1) is 0 Å². The summed E-state index contributed by atoms with van der Waals surface area (Å²) < 4.78 is 0. The molecule has 1 aromatic rings. The minimum absolute atomic E-state index is 0.142. The zero-order valence-electron chi connectivity index (χ0n) is 11.1. The van der Waals surface area contributed by atoms with Crippen LogP contribution in [0.5, 0.6) is 0 Å². The molecule has 0 atom stereocenters. The van der Waals surface area contributed by atoms with E-state index in [-0.39, 0.29) is 5.91 Å². The molecule has 4 heteroatoms. The first-order valence-corrected chi connectivity index (χ1v) is 6.57. The number of carbonyl (C=O) groups is 1. The number of carbonyl (C=O) groups excluding carboxylic acids is 1. The fourth-order valence-corrected chi connectivity index (χ4v) is 2.49. The van der Waals surface area contributed by atoms with Crippen LogP contribution in [0.2, 0.25) is 0 Å². The summed E-state index contributed by atoms with van der Waals surface area (Å²) in [6.07, 6.45) is 3.89. The molecule has 1 fully saturated rings. The normalized spacial score (nSPS) is 16.9. The van der Waals surface area contributed by atoms with Gasteiger partial charge in [0.2, 0.25) is 0 Å². The molecule has 1 N–H and O–H groups in total. The second-order valence-electron chi connectivity index (χ2n) is 4.98. The minimum Gasteiger partial charge on any atom is -0.339 e. The smallest absolute Gasteiger partial charge is 0.253 e. The second-order valence-corrected chi connectivity index (χ2v) is 4.98. The number of likely N-dealkylation sites (tertiary alicyclic amines) is 1. The lowest BCUT2D eigenvalue weighted by atomic mass is 9.96. The Morgan fingerprint density at radius 2 is 2.22 bits per heavy atom. The highest BCUT2D eigenvalue weighted by molar-refractivity contribution is 5.94. The second kappa shape index (κ2) is 5.96. The molecule has 1 amide bonds. The van der Waals surface area contributed by atoms with E-state index in [1.54, 1.807) is 12.3 Å². The first-order valence-electron chi connectivity index (χ1n) is 6.57. The molecule has 0 spiro atoms. The van der Waals surface area contributed by atoms with E-state index in [1.807, 2.05) is 24.9 Å².